The van der Waals surface area contributed by atoms with Crippen molar-refractivity contribution in [2.75, 3.05) is 0 Å². The standard InChI is InChI=1S/C2H4O.Na.2O.Ti.H/c1-2-3;;;;;/h2H,1H3;;;;;. The third-order valence-electron chi connectivity index (χ3n) is 0. The zero-order chi connectivity index (χ0) is 5.41. The van der Waals surface area contributed by atoms with Crippen LogP contribution in [0.3, 0.4) is 0 Å². The molecule has 0 N–H and O–H groups in total. The molecule has 0 atom stereocenters. The fraction of sp³-hybridized carbons (Fsp3) is 0.500. The van der Waals surface area contributed by atoms with Crippen molar-refractivity contribution < 1.29 is 30.5 Å². The van der Waals surface area contributed by atoms with E-state index in [-0.39, 0.29) is 29.6 Å². The molecule has 0 aromatic heterocycles. The summed E-state index contributed by atoms with van der Waals surface area (Å²) >= 11 is -2.00. The molecule has 0 aromatic carbocycles. The van der Waals surface area contributed by atoms with Gasteiger partial charge in [0.15, 0.2) is 0 Å². The summed E-state index contributed by atoms with van der Waals surface area (Å²) in [7, 11) is 0. The third kappa shape index (κ3) is 179. The average Bonchev–Trinajstić information content (AvgIpc) is 1.39. The number of carbonyl (C=O) groups is 1. The molecule has 0 saturated carbocycles. The number of aldehydes is 1. The Morgan fingerprint density at radius 2 is 1.43 bits per heavy atom. The van der Waals surface area contributed by atoms with Crippen LogP contribution in [0.1, 0.15) is 6.92 Å². The molecular formula is C2H5NaO3Ti. The fourth-order valence-electron chi connectivity index (χ4n) is 0. The zero-order valence-electron chi connectivity index (χ0n) is 3.30. The van der Waals surface area contributed by atoms with Gasteiger partial charge in [-0.2, -0.15) is 0 Å². The van der Waals surface area contributed by atoms with Crippen LogP contribution in [-0.4, -0.2) is 35.8 Å². The summed E-state index contributed by atoms with van der Waals surface area (Å²) in [6.45, 7) is 1.44. The normalized spacial score (nSPS) is 3.00. The Morgan fingerprint density at radius 1 is 1.43 bits per heavy atom. The molecule has 0 heterocycles. The van der Waals surface area contributed by atoms with Crippen molar-refractivity contribution in [3.05, 3.63) is 0 Å². The summed E-state index contributed by atoms with van der Waals surface area (Å²) in [4.78, 5) is 8.81. The van der Waals surface area contributed by atoms with Crippen LogP contribution >= 0.6 is 0 Å². The quantitative estimate of drug-likeness (QED) is 0.337. The van der Waals surface area contributed by atoms with E-state index in [4.69, 9.17) is 11.4 Å². The van der Waals surface area contributed by atoms with E-state index in [1.807, 2.05) is 0 Å². The molecule has 0 unspecified atom stereocenters. The van der Waals surface area contributed by atoms with Crippen LogP contribution in [0.5, 0.6) is 0 Å². The number of carbonyl (C=O) groups excluding carboxylic acids is 1. The topological polar surface area (TPSA) is 51.2 Å². The van der Waals surface area contributed by atoms with Crippen molar-refractivity contribution in [1.29, 1.82) is 0 Å². The molecule has 3 nitrogen and oxygen atoms in total. The maximum atomic E-state index is 8.81. The fourth-order valence-corrected chi connectivity index (χ4v) is 0. The summed E-state index contributed by atoms with van der Waals surface area (Å²) in [6, 6.07) is 0. The Hall–Kier alpha value is 0.984. The molecule has 0 aromatic rings. The minimum absolute atomic E-state index is 0. The Balaban J connectivity index is -0.0000000400. The second kappa shape index (κ2) is 28.1. The number of rotatable bonds is 0. The molecule has 0 aliphatic carbocycles. The molecule has 0 amide bonds. The van der Waals surface area contributed by atoms with E-state index in [0.29, 0.717) is 0 Å². The third-order valence-corrected chi connectivity index (χ3v) is 0. The maximum absolute atomic E-state index is 8.81. The van der Waals surface area contributed by atoms with E-state index in [1.54, 1.807) is 0 Å². The molecule has 0 bridgehead atoms. The summed E-state index contributed by atoms with van der Waals surface area (Å²) in [5, 5.41) is 0. The molecule has 5 heteroatoms. The summed E-state index contributed by atoms with van der Waals surface area (Å²) in [5.74, 6) is 0. The van der Waals surface area contributed by atoms with Crippen molar-refractivity contribution in [1.82, 2.24) is 0 Å². The predicted molar refractivity (Wildman–Crippen MR) is 20.3 cm³/mol. The number of hydrogen-bond acceptors (Lipinski definition) is 3. The van der Waals surface area contributed by atoms with Gasteiger partial charge in [-0.25, -0.2) is 0 Å². The molecule has 36 valence electrons. The molecule has 0 aliphatic rings. The Morgan fingerprint density at radius 3 is 1.43 bits per heavy atom. The Labute approximate surface area is 72.7 Å². The first-order valence-electron chi connectivity index (χ1n) is 1.22. The van der Waals surface area contributed by atoms with Gasteiger partial charge < -0.3 is 4.79 Å². The van der Waals surface area contributed by atoms with E-state index >= 15 is 0 Å². The first kappa shape index (κ1) is 15.7. The molecule has 0 rings (SSSR count). The van der Waals surface area contributed by atoms with E-state index in [0.717, 1.165) is 6.29 Å². The molecule has 0 spiro atoms. The minimum atomic E-state index is -2.00. The van der Waals surface area contributed by atoms with Gasteiger partial charge in [-0.1, -0.05) is 0 Å². The van der Waals surface area contributed by atoms with Crippen molar-refractivity contribution in [2.24, 2.45) is 0 Å². The first-order chi connectivity index (χ1) is 2.83. The monoisotopic (exact) mass is 148 g/mol. The summed E-state index contributed by atoms with van der Waals surface area (Å²) in [6.07, 6.45) is 0.750. The second-order valence-corrected chi connectivity index (χ2v) is 0.579. The molecule has 0 radical (unpaired) electrons. The van der Waals surface area contributed by atoms with Gasteiger partial charge in [0.1, 0.15) is 6.29 Å². The van der Waals surface area contributed by atoms with Gasteiger partial charge in [-0.15, -0.1) is 0 Å². The van der Waals surface area contributed by atoms with Crippen LogP contribution in [0.2, 0.25) is 0 Å². The van der Waals surface area contributed by atoms with E-state index in [1.165, 1.54) is 6.92 Å². The molecule has 0 fully saturated rings. The summed E-state index contributed by atoms with van der Waals surface area (Å²) in [5.41, 5.74) is 0. The Kier molecular flexibility index (Phi) is 62.9. The zero-order valence-corrected chi connectivity index (χ0v) is 4.86. The molecule has 0 saturated heterocycles. The molecular weight excluding hydrogens is 143 g/mol. The molecule has 7 heavy (non-hydrogen) atoms. The van der Waals surface area contributed by atoms with Gasteiger partial charge in [0.05, 0.1) is 0 Å². The van der Waals surface area contributed by atoms with Gasteiger partial charge in [0.2, 0.25) is 0 Å². The predicted octanol–water partition coefficient (Wildman–Crippen LogP) is -0.683. The van der Waals surface area contributed by atoms with Gasteiger partial charge >= 0.3 is 55.3 Å². The molecule has 0 aliphatic heterocycles. The van der Waals surface area contributed by atoms with Crippen LogP contribution in [0.4, 0.5) is 0 Å². The van der Waals surface area contributed by atoms with Gasteiger partial charge in [0.25, 0.3) is 0 Å². The Bertz CT molecular complexity index is 58.0. The SMILES string of the molecule is CC=O.[NaH].[O]=[Ti]=[O]. The van der Waals surface area contributed by atoms with Crippen LogP contribution in [0.15, 0.2) is 0 Å². The van der Waals surface area contributed by atoms with Crippen molar-refractivity contribution in [3.63, 3.8) is 0 Å². The van der Waals surface area contributed by atoms with Gasteiger partial charge in [-0.3, -0.25) is 0 Å². The first-order valence-corrected chi connectivity index (χ1v) is 2.50. The van der Waals surface area contributed by atoms with Crippen LogP contribution in [0, 0.1) is 0 Å². The van der Waals surface area contributed by atoms with Crippen molar-refractivity contribution in [3.8, 4) is 0 Å². The van der Waals surface area contributed by atoms with Crippen LogP contribution in [0.25, 0.3) is 0 Å². The summed E-state index contributed by atoms with van der Waals surface area (Å²) < 4.78 is 17.0. The van der Waals surface area contributed by atoms with E-state index in [9.17, 15) is 0 Å². The van der Waals surface area contributed by atoms with E-state index in [2.05, 4.69) is 0 Å². The van der Waals surface area contributed by atoms with Gasteiger partial charge in [-0.05, 0) is 6.92 Å². The van der Waals surface area contributed by atoms with Crippen molar-refractivity contribution in [2.45, 2.75) is 6.92 Å². The van der Waals surface area contributed by atoms with Crippen LogP contribution < -0.4 is 0 Å². The van der Waals surface area contributed by atoms with Crippen LogP contribution in [-0.2, 0) is 30.5 Å². The average molecular weight is 148 g/mol. The van der Waals surface area contributed by atoms with Crippen molar-refractivity contribution >= 4 is 35.8 Å². The van der Waals surface area contributed by atoms with Gasteiger partial charge in [0, 0.05) is 0 Å². The second-order valence-electron chi connectivity index (χ2n) is 0.319. The van der Waals surface area contributed by atoms with E-state index < -0.39 is 19.1 Å². The number of hydrogen-bond donors (Lipinski definition) is 0.